The third-order valence-electron chi connectivity index (χ3n) is 2.50. The molecule has 74 valence electrons. The van der Waals surface area contributed by atoms with E-state index >= 15 is 0 Å². The van der Waals surface area contributed by atoms with Gasteiger partial charge in [0.25, 0.3) is 0 Å². The number of halogens is 1. The summed E-state index contributed by atoms with van der Waals surface area (Å²) in [6, 6.07) is 3.90. The summed E-state index contributed by atoms with van der Waals surface area (Å²) in [4.78, 5) is 11.6. The van der Waals surface area contributed by atoms with E-state index in [1.165, 1.54) is 0 Å². The molecule has 1 aliphatic heterocycles. The van der Waals surface area contributed by atoms with E-state index in [1.54, 1.807) is 6.92 Å². The Kier molecular flexibility index (Phi) is 1.94. The standard InChI is InChI=1S/C10H11BrN2O/c1-5-3-6-8(7(11)4-5)13-9(14)10(6,2)12/h3-4H,12H2,1-2H3,(H,13,14)/t10-/m1/s1. The van der Waals surface area contributed by atoms with Gasteiger partial charge in [-0.15, -0.1) is 0 Å². The largest absolute Gasteiger partial charge is 0.323 e. The SMILES string of the molecule is Cc1cc(Br)c2c(c1)[C@@](C)(N)C(=O)N2. The second-order valence-corrected chi connectivity index (χ2v) is 4.68. The number of benzene rings is 1. The normalized spacial score (nSPS) is 24.7. The van der Waals surface area contributed by atoms with Crippen molar-refractivity contribution in [2.24, 2.45) is 5.73 Å². The second kappa shape index (κ2) is 2.81. The van der Waals surface area contributed by atoms with Gasteiger partial charge in [-0.05, 0) is 41.4 Å². The van der Waals surface area contributed by atoms with E-state index in [4.69, 9.17) is 5.73 Å². The number of fused-ring (bicyclic) bond motifs is 1. The van der Waals surface area contributed by atoms with E-state index in [2.05, 4.69) is 21.2 Å². The smallest absolute Gasteiger partial charge is 0.248 e. The fraction of sp³-hybridized carbons (Fsp3) is 0.300. The molecular weight excluding hydrogens is 244 g/mol. The molecule has 3 N–H and O–H groups in total. The van der Waals surface area contributed by atoms with Gasteiger partial charge in [-0.2, -0.15) is 0 Å². The van der Waals surface area contributed by atoms with Gasteiger partial charge in [-0.1, -0.05) is 6.07 Å². The Morgan fingerprint density at radius 1 is 1.50 bits per heavy atom. The Bertz CT molecular complexity index is 426. The number of carbonyl (C=O) groups is 1. The van der Waals surface area contributed by atoms with Gasteiger partial charge in [-0.25, -0.2) is 0 Å². The molecule has 0 fully saturated rings. The van der Waals surface area contributed by atoms with Crippen LogP contribution in [-0.4, -0.2) is 5.91 Å². The van der Waals surface area contributed by atoms with Gasteiger partial charge < -0.3 is 11.1 Å². The van der Waals surface area contributed by atoms with E-state index in [9.17, 15) is 4.79 Å². The van der Waals surface area contributed by atoms with Crippen molar-refractivity contribution in [3.05, 3.63) is 27.7 Å². The zero-order valence-corrected chi connectivity index (χ0v) is 9.60. The number of carbonyl (C=O) groups excluding carboxylic acids is 1. The molecule has 2 rings (SSSR count). The summed E-state index contributed by atoms with van der Waals surface area (Å²) in [6.07, 6.45) is 0. The molecule has 0 unspecified atom stereocenters. The van der Waals surface area contributed by atoms with E-state index < -0.39 is 5.54 Å². The Balaban J connectivity index is 2.71. The molecule has 1 aliphatic rings. The van der Waals surface area contributed by atoms with E-state index in [0.29, 0.717) is 0 Å². The highest BCUT2D eigenvalue weighted by molar-refractivity contribution is 9.10. The zero-order valence-electron chi connectivity index (χ0n) is 8.02. The number of hydrogen-bond donors (Lipinski definition) is 2. The van der Waals surface area contributed by atoms with E-state index in [1.807, 2.05) is 19.1 Å². The van der Waals surface area contributed by atoms with Crippen LogP contribution >= 0.6 is 15.9 Å². The summed E-state index contributed by atoms with van der Waals surface area (Å²) < 4.78 is 0.884. The Morgan fingerprint density at radius 2 is 2.14 bits per heavy atom. The van der Waals surface area contributed by atoms with Gasteiger partial charge in [0.15, 0.2) is 0 Å². The van der Waals surface area contributed by atoms with Crippen molar-refractivity contribution < 1.29 is 4.79 Å². The summed E-state index contributed by atoms with van der Waals surface area (Å²) in [5.74, 6) is -0.154. The maximum atomic E-state index is 11.6. The lowest BCUT2D eigenvalue weighted by Gasteiger charge is -2.15. The van der Waals surface area contributed by atoms with Gasteiger partial charge in [0.05, 0.1) is 5.69 Å². The topological polar surface area (TPSA) is 55.1 Å². The molecule has 0 bridgehead atoms. The van der Waals surface area contributed by atoms with Crippen molar-refractivity contribution in [1.29, 1.82) is 0 Å². The number of anilines is 1. The van der Waals surface area contributed by atoms with Crippen LogP contribution in [0.5, 0.6) is 0 Å². The van der Waals surface area contributed by atoms with Gasteiger partial charge in [0.1, 0.15) is 5.54 Å². The fourth-order valence-electron chi connectivity index (χ4n) is 1.64. The first kappa shape index (κ1) is 9.68. The van der Waals surface area contributed by atoms with Crippen molar-refractivity contribution in [3.63, 3.8) is 0 Å². The lowest BCUT2D eigenvalue weighted by atomic mass is 9.94. The number of hydrogen-bond acceptors (Lipinski definition) is 2. The molecule has 1 aromatic rings. The van der Waals surface area contributed by atoms with Crippen molar-refractivity contribution in [3.8, 4) is 0 Å². The first-order valence-corrected chi connectivity index (χ1v) is 5.13. The molecular formula is C10H11BrN2O. The summed E-state index contributed by atoms with van der Waals surface area (Å²) in [5, 5.41) is 2.77. The number of rotatable bonds is 0. The lowest BCUT2D eigenvalue weighted by Crippen LogP contribution is -2.40. The Labute approximate surface area is 90.8 Å². The third kappa shape index (κ3) is 1.18. The molecule has 1 amide bonds. The first-order valence-electron chi connectivity index (χ1n) is 4.34. The van der Waals surface area contributed by atoms with Crippen LogP contribution in [0.1, 0.15) is 18.1 Å². The highest BCUT2D eigenvalue weighted by Gasteiger charge is 2.40. The third-order valence-corrected chi connectivity index (χ3v) is 3.13. The van der Waals surface area contributed by atoms with Gasteiger partial charge >= 0.3 is 0 Å². The number of nitrogens with two attached hydrogens (primary N) is 1. The van der Waals surface area contributed by atoms with Crippen LogP contribution < -0.4 is 11.1 Å². The fourth-order valence-corrected chi connectivity index (χ4v) is 2.32. The van der Waals surface area contributed by atoms with E-state index in [-0.39, 0.29) is 5.91 Å². The van der Waals surface area contributed by atoms with Crippen molar-refractivity contribution >= 4 is 27.5 Å². The molecule has 0 aliphatic carbocycles. The zero-order chi connectivity index (χ0) is 10.5. The molecule has 0 spiro atoms. The average molecular weight is 255 g/mol. The van der Waals surface area contributed by atoms with Crippen LogP contribution in [0.25, 0.3) is 0 Å². The molecule has 1 aromatic carbocycles. The van der Waals surface area contributed by atoms with Crippen molar-refractivity contribution in [2.45, 2.75) is 19.4 Å². The minimum atomic E-state index is -0.913. The van der Waals surface area contributed by atoms with Crippen LogP contribution in [-0.2, 0) is 10.3 Å². The molecule has 1 atom stereocenters. The van der Waals surface area contributed by atoms with Crippen LogP contribution in [0.2, 0.25) is 0 Å². The average Bonchev–Trinajstić information content (AvgIpc) is 2.28. The van der Waals surface area contributed by atoms with Gasteiger partial charge in [-0.3, -0.25) is 4.79 Å². The highest BCUT2D eigenvalue weighted by Crippen LogP contribution is 2.39. The maximum absolute atomic E-state index is 11.6. The molecule has 0 saturated heterocycles. The monoisotopic (exact) mass is 254 g/mol. The molecule has 4 heteroatoms. The Hall–Kier alpha value is -0.870. The molecule has 3 nitrogen and oxygen atoms in total. The summed E-state index contributed by atoms with van der Waals surface area (Å²) in [7, 11) is 0. The maximum Gasteiger partial charge on any atom is 0.248 e. The van der Waals surface area contributed by atoms with Crippen molar-refractivity contribution in [1.82, 2.24) is 0 Å². The Morgan fingerprint density at radius 3 is 2.79 bits per heavy atom. The minimum absolute atomic E-state index is 0.154. The predicted octanol–water partition coefficient (Wildman–Crippen LogP) is 1.88. The highest BCUT2D eigenvalue weighted by atomic mass is 79.9. The molecule has 0 saturated carbocycles. The molecule has 0 aromatic heterocycles. The van der Waals surface area contributed by atoms with Gasteiger partial charge in [0.2, 0.25) is 5.91 Å². The second-order valence-electron chi connectivity index (χ2n) is 3.83. The molecule has 0 radical (unpaired) electrons. The van der Waals surface area contributed by atoms with Crippen LogP contribution in [0.4, 0.5) is 5.69 Å². The van der Waals surface area contributed by atoms with Crippen molar-refractivity contribution in [2.75, 3.05) is 5.32 Å². The lowest BCUT2D eigenvalue weighted by molar-refractivity contribution is -0.120. The van der Waals surface area contributed by atoms with Crippen LogP contribution in [0.15, 0.2) is 16.6 Å². The number of amides is 1. The predicted molar refractivity (Wildman–Crippen MR) is 59.0 cm³/mol. The molecule has 1 heterocycles. The van der Waals surface area contributed by atoms with Gasteiger partial charge in [0, 0.05) is 10.0 Å². The number of aryl methyl sites for hydroxylation is 1. The first-order chi connectivity index (χ1) is 6.43. The van der Waals surface area contributed by atoms with Crippen LogP contribution in [0.3, 0.4) is 0 Å². The summed E-state index contributed by atoms with van der Waals surface area (Å²) in [6.45, 7) is 3.70. The summed E-state index contributed by atoms with van der Waals surface area (Å²) in [5.41, 5.74) is 7.76. The quantitative estimate of drug-likeness (QED) is 0.743. The minimum Gasteiger partial charge on any atom is -0.323 e. The van der Waals surface area contributed by atoms with Crippen LogP contribution in [0, 0.1) is 6.92 Å². The van der Waals surface area contributed by atoms with E-state index in [0.717, 1.165) is 21.3 Å². The molecule has 14 heavy (non-hydrogen) atoms. The summed E-state index contributed by atoms with van der Waals surface area (Å²) >= 11 is 3.41. The number of nitrogens with one attached hydrogen (secondary N) is 1.